The van der Waals surface area contributed by atoms with Crippen LogP contribution < -0.4 is 10.6 Å². The van der Waals surface area contributed by atoms with Gasteiger partial charge in [-0.1, -0.05) is 54.6 Å². The zero-order chi connectivity index (χ0) is 29.6. The van der Waals surface area contributed by atoms with Crippen LogP contribution in [-0.4, -0.2) is 37.7 Å². The van der Waals surface area contributed by atoms with E-state index in [9.17, 15) is 24.4 Å². The van der Waals surface area contributed by atoms with Gasteiger partial charge in [0.05, 0.1) is 54.2 Å². The number of benzene rings is 3. The maximum atomic E-state index is 14.0. The first-order valence-electron chi connectivity index (χ1n) is 12.3. The van der Waals surface area contributed by atoms with Crippen molar-refractivity contribution in [2.45, 2.75) is 12.8 Å². The molecule has 1 aliphatic heterocycles. The normalized spacial score (nSPS) is 16.2. The maximum Gasteiger partial charge on any atom is 0.355 e. The minimum atomic E-state index is -1.08. The Bertz CT molecular complexity index is 1790. The molecule has 9 nitrogen and oxygen atoms in total. The summed E-state index contributed by atoms with van der Waals surface area (Å²) in [6, 6.07) is 18.7. The summed E-state index contributed by atoms with van der Waals surface area (Å²) in [7, 11) is 2.28. The Morgan fingerprint density at radius 2 is 1.49 bits per heavy atom. The number of methoxy groups -OCH3 is 2. The molecule has 0 bridgehead atoms. The number of allylic oxidation sites excluding steroid dienone is 1. The van der Waals surface area contributed by atoms with Gasteiger partial charge in [0.25, 0.3) is 0 Å². The maximum absolute atomic E-state index is 14.0. The monoisotopic (exact) mass is 611 g/mol. The fraction of sp³-hybridized carbons (Fsp3) is 0.129. The molecule has 1 heterocycles. The van der Waals surface area contributed by atoms with Crippen molar-refractivity contribution in [1.29, 1.82) is 5.26 Å². The summed E-state index contributed by atoms with van der Waals surface area (Å²) >= 11 is 3.43. The Morgan fingerprint density at radius 1 is 0.927 bits per heavy atom. The van der Waals surface area contributed by atoms with E-state index in [4.69, 9.17) is 15.2 Å². The highest BCUT2D eigenvalue weighted by atomic mass is 79.9. The number of aryl methyl sites for hydroxylation is 1. The lowest BCUT2D eigenvalue weighted by atomic mass is 9.79. The van der Waals surface area contributed by atoms with Gasteiger partial charge in [-0.25, -0.2) is 9.59 Å². The number of nitrogens with zero attached hydrogens (tertiary/aromatic N) is 2. The number of esters is 2. The molecule has 2 aliphatic rings. The molecule has 0 amide bonds. The number of hydrogen-bond donors (Lipinski definition) is 1. The van der Waals surface area contributed by atoms with Crippen LogP contribution in [0.1, 0.15) is 48.9 Å². The van der Waals surface area contributed by atoms with Crippen LogP contribution in [0.3, 0.4) is 0 Å². The average Bonchev–Trinajstić information content (AvgIpc) is 2.99. The zero-order valence-electron chi connectivity index (χ0n) is 22.2. The highest BCUT2D eigenvalue weighted by Crippen LogP contribution is 2.47. The molecule has 10 heteroatoms. The van der Waals surface area contributed by atoms with Crippen LogP contribution in [-0.2, 0) is 19.1 Å². The van der Waals surface area contributed by atoms with Crippen molar-refractivity contribution < 1.29 is 28.7 Å². The fourth-order valence-electron chi connectivity index (χ4n) is 5.39. The predicted octanol–water partition coefficient (Wildman–Crippen LogP) is 4.43. The van der Waals surface area contributed by atoms with Crippen LogP contribution in [0.15, 0.2) is 87.8 Å². The van der Waals surface area contributed by atoms with Crippen molar-refractivity contribution in [3.63, 3.8) is 0 Å². The molecule has 0 fully saturated rings. The van der Waals surface area contributed by atoms with E-state index < -0.39 is 29.4 Å². The van der Waals surface area contributed by atoms with Crippen LogP contribution in [0.25, 0.3) is 0 Å². The number of hydrogen-bond acceptors (Lipinski definition) is 9. The molecule has 1 unspecified atom stereocenters. The van der Waals surface area contributed by atoms with Crippen molar-refractivity contribution in [3.8, 4) is 6.07 Å². The van der Waals surface area contributed by atoms with E-state index in [-0.39, 0.29) is 50.6 Å². The summed E-state index contributed by atoms with van der Waals surface area (Å²) in [5.41, 5.74) is 7.49. The van der Waals surface area contributed by atoms with Crippen LogP contribution in [0, 0.1) is 18.3 Å². The Kier molecular flexibility index (Phi) is 7.07. The number of carbonyl (C=O) groups is 4. The van der Waals surface area contributed by atoms with Gasteiger partial charge in [0, 0.05) is 15.6 Å². The number of rotatable bonds is 4. The molecular formula is C31H22BrN3O6. The molecular weight excluding hydrogens is 590 g/mol. The highest BCUT2D eigenvalue weighted by molar-refractivity contribution is 9.10. The van der Waals surface area contributed by atoms with Crippen molar-refractivity contribution in [1.82, 2.24) is 0 Å². The molecule has 3 aromatic rings. The lowest BCUT2D eigenvalue weighted by Gasteiger charge is -2.38. The second kappa shape index (κ2) is 10.5. The standard InChI is InChI=1S/C31H22BrN3O6/c1-15-13-20(32)22-23(28(37)18-12-8-7-11-17(18)27(22)36)25(15)35-26(31(39)41-3)24(30(38)40-2)21(19(14-33)29(35)34)16-9-5-4-6-10-16/h4-13,21H,34H2,1-3H3. The smallest absolute Gasteiger partial charge is 0.355 e. The van der Waals surface area contributed by atoms with Gasteiger partial charge in [-0.2, -0.15) is 5.26 Å². The molecule has 0 radical (unpaired) electrons. The molecule has 41 heavy (non-hydrogen) atoms. The number of anilines is 1. The number of nitriles is 1. The molecule has 0 aromatic heterocycles. The molecule has 0 spiro atoms. The van der Waals surface area contributed by atoms with Gasteiger partial charge in [0.2, 0.25) is 0 Å². The van der Waals surface area contributed by atoms with E-state index in [1.807, 2.05) is 0 Å². The Balaban J connectivity index is 1.93. The number of fused-ring (bicyclic) bond motifs is 2. The molecule has 2 N–H and O–H groups in total. The first kappa shape index (κ1) is 27.6. The number of carbonyl (C=O) groups excluding carboxylic acids is 4. The average molecular weight is 612 g/mol. The molecule has 5 rings (SSSR count). The summed E-state index contributed by atoms with van der Waals surface area (Å²) < 4.78 is 10.6. The van der Waals surface area contributed by atoms with E-state index >= 15 is 0 Å². The predicted molar refractivity (Wildman–Crippen MR) is 152 cm³/mol. The summed E-state index contributed by atoms with van der Waals surface area (Å²) in [5.74, 6) is -4.06. The van der Waals surface area contributed by atoms with E-state index in [1.165, 1.54) is 6.07 Å². The summed E-state index contributed by atoms with van der Waals surface area (Å²) in [6.07, 6.45) is 0. The zero-order valence-corrected chi connectivity index (χ0v) is 23.7. The number of halogens is 1. The second-order valence-electron chi connectivity index (χ2n) is 9.31. The topological polar surface area (TPSA) is 140 Å². The molecule has 0 saturated carbocycles. The molecule has 1 aliphatic carbocycles. The SMILES string of the molecule is COC(=O)C1=C(C(=O)OC)N(c2c(C)cc(Br)c3c2C(=O)c2ccccc2C3=O)C(N)=C(C#N)C1c1ccccc1. The van der Waals surface area contributed by atoms with Crippen molar-refractivity contribution in [2.24, 2.45) is 5.73 Å². The molecule has 3 aromatic carbocycles. The lowest BCUT2D eigenvalue weighted by Crippen LogP contribution is -2.42. The first-order valence-corrected chi connectivity index (χ1v) is 13.1. The van der Waals surface area contributed by atoms with Crippen LogP contribution >= 0.6 is 15.9 Å². The third-order valence-electron chi connectivity index (χ3n) is 7.15. The van der Waals surface area contributed by atoms with Gasteiger partial charge < -0.3 is 15.2 Å². The van der Waals surface area contributed by atoms with Gasteiger partial charge in [0.1, 0.15) is 11.5 Å². The van der Waals surface area contributed by atoms with Gasteiger partial charge in [0.15, 0.2) is 11.6 Å². The van der Waals surface area contributed by atoms with E-state index in [1.54, 1.807) is 61.5 Å². The third-order valence-corrected chi connectivity index (χ3v) is 7.77. The lowest BCUT2D eigenvalue weighted by molar-refractivity contribution is -0.139. The quantitative estimate of drug-likeness (QED) is 0.332. The van der Waals surface area contributed by atoms with Crippen molar-refractivity contribution in [2.75, 3.05) is 19.1 Å². The molecule has 0 saturated heterocycles. The van der Waals surface area contributed by atoms with Gasteiger partial charge in [-0.05, 0) is 40.0 Å². The van der Waals surface area contributed by atoms with Gasteiger partial charge in [-0.15, -0.1) is 0 Å². The minimum Gasteiger partial charge on any atom is -0.466 e. The van der Waals surface area contributed by atoms with Crippen molar-refractivity contribution in [3.05, 3.63) is 121 Å². The number of ether oxygens (including phenoxy) is 2. The van der Waals surface area contributed by atoms with E-state index in [0.717, 1.165) is 19.1 Å². The Hall–Kier alpha value is -5.01. The van der Waals surface area contributed by atoms with E-state index in [2.05, 4.69) is 22.0 Å². The van der Waals surface area contributed by atoms with E-state index in [0.29, 0.717) is 15.6 Å². The van der Waals surface area contributed by atoms with Crippen LogP contribution in [0.2, 0.25) is 0 Å². The number of nitrogens with two attached hydrogens (primary N) is 1. The Morgan fingerprint density at radius 3 is 2.05 bits per heavy atom. The second-order valence-corrected chi connectivity index (χ2v) is 10.2. The van der Waals surface area contributed by atoms with Gasteiger partial charge >= 0.3 is 11.9 Å². The molecule has 204 valence electrons. The first-order chi connectivity index (χ1) is 19.7. The summed E-state index contributed by atoms with van der Waals surface area (Å²) in [4.78, 5) is 55.8. The summed E-state index contributed by atoms with van der Waals surface area (Å²) in [5, 5.41) is 10.4. The fourth-order valence-corrected chi connectivity index (χ4v) is 6.11. The van der Waals surface area contributed by atoms with Crippen LogP contribution in [0.5, 0.6) is 0 Å². The summed E-state index contributed by atoms with van der Waals surface area (Å²) in [6.45, 7) is 1.66. The van der Waals surface area contributed by atoms with Crippen LogP contribution in [0.4, 0.5) is 5.69 Å². The Labute approximate surface area is 243 Å². The van der Waals surface area contributed by atoms with Gasteiger partial charge in [-0.3, -0.25) is 14.5 Å². The largest absolute Gasteiger partial charge is 0.466 e. The molecule has 1 atom stereocenters. The highest BCUT2D eigenvalue weighted by Gasteiger charge is 2.45. The van der Waals surface area contributed by atoms with Crippen molar-refractivity contribution >= 4 is 45.1 Å². The number of ketones is 2. The third kappa shape index (κ3) is 4.13. The minimum absolute atomic E-state index is 0.0374.